The van der Waals surface area contributed by atoms with E-state index in [9.17, 15) is 9.90 Å². The summed E-state index contributed by atoms with van der Waals surface area (Å²) < 4.78 is 5.30. The first kappa shape index (κ1) is 19.5. The second kappa shape index (κ2) is 7.89. The van der Waals surface area contributed by atoms with Crippen LogP contribution in [0, 0.1) is 6.92 Å². The lowest BCUT2D eigenvalue weighted by molar-refractivity contribution is -0.114. The van der Waals surface area contributed by atoms with Gasteiger partial charge in [-0.2, -0.15) is 0 Å². The van der Waals surface area contributed by atoms with Crippen LogP contribution < -0.4 is 10.1 Å². The number of benzene rings is 2. The Morgan fingerprint density at radius 2 is 2.17 bits per heavy atom. The fourth-order valence-electron chi connectivity index (χ4n) is 4.17. The molecule has 0 saturated heterocycles. The second-order valence-electron chi connectivity index (χ2n) is 7.72. The molecule has 4 rings (SSSR count). The number of hydrogen-bond donors (Lipinski definition) is 3. The number of rotatable bonds is 5. The fraction of sp³-hybridized carbons (Fsp3) is 0.348. The average molecular weight is 393 g/mol. The summed E-state index contributed by atoms with van der Waals surface area (Å²) in [7, 11) is 1.56. The maximum absolute atomic E-state index is 11.5. The number of ether oxygens (including phenoxy) is 1. The van der Waals surface area contributed by atoms with Gasteiger partial charge in [0.2, 0.25) is 5.91 Å². The Kier molecular flexibility index (Phi) is 5.30. The van der Waals surface area contributed by atoms with Crippen molar-refractivity contribution in [3.05, 3.63) is 58.8 Å². The van der Waals surface area contributed by atoms with E-state index in [0.29, 0.717) is 18.0 Å². The van der Waals surface area contributed by atoms with E-state index in [-0.39, 0.29) is 5.91 Å². The van der Waals surface area contributed by atoms with Crippen LogP contribution in [0.25, 0.3) is 10.9 Å². The molecular weight excluding hydrogens is 366 g/mol. The van der Waals surface area contributed by atoms with Crippen molar-refractivity contribution in [1.82, 2.24) is 9.88 Å². The Balaban J connectivity index is 1.52. The Morgan fingerprint density at radius 1 is 1.34 bits per heavy atom. The number of anilines is 1. The Hall–Kier alpha value is -2.83. The van der Waals surface area contributed by atoms with Gasteiger partial charge in [0.1, 0.15) is 5.75 Å². The van der Waals surface area contributed by atoms with Crippen molar-refractivity contribution >= 4 is 22.5 Å². The lowest BCUT2D eigenvalue weighted by atomic mass is 10.0. The molecule has 0 aliphatic carbocycles. The van der Waals surface area contributed by atoms with E-state index in [0.717, 1.165) is 25.1 Å². The minimum Gasteiger partial charge on any atom is -0.495 e. The van der Waals surface area contributed by atoms with E-state index in [2.05, 4.69) is 40.3 Å². The molecule has 1 aliphatic rings. The lowest BCUT2D eigenvalue weighted by Crippen LogP contribution is -2.33. The Morgan fingerprint density at radius 3 is 2.93 bits per heavy atom. The van der Waals surface area contributed by atoms with E-state index < -0.39 is 6.10 Å². The zero-order valence-electron chi connectivity index (χ0n) is 17.1. The van der Waals surface area contributed by atoms with E-state index in [1.54, 1.807) is 19.2 Å². The summed E-state index contributed by atoms with van der Waals surface area (Å²) in [5, 5.41) is 14.9. The van der Waals surface area contributed by atoms with Crippen molar-refractivity contribution < 1.29 is 14.6 Å². The van der Waals surface area contributed by atoms with Gasteiger partial charge in [-0.25, -0.2) is 0 Å². The summed E-state index contributed by atoms with van der Waals surface area (Å²) in [6.07, 6.45) is 0.289. The molecule has 1 unspecified atom stereocenters. The maximum atomic E-state index is 11.5. The number of aromatic amines is 1. The molecule has 1 aromatic heterocycles. The number of carbonyl (C=O) groups excluding carboxylic acids is 1. The second-order valence-corrected chi connectivity index (χ2v) is 7.72. The normalized spacial score (nSPS) is 15.2. The Bertz CT molecular complexity index is 1060. The number of hydrogen-bond acceptors (Lipinski definition) is 4. The molecular formula is C23H27N3O3. The molecule has 1 amide bonds. The maximum Gasteiger partial charge on any atom is 0.221 e. The van der Waals surface area contributed by atoms with Gasteiger partial charge >= 0.3 is 0 Å². The van der Waals surface area contributed by atoms with Crippen LogP contribution in [0.1, 0.15) is 35.4 Å². The highest BCUT2D eigenvalue weighted by Gasteiger charge is 2.23. The Labute approximate surface area is 170 Å². The van der Waals surface area contributed by atoms with Gasteiger partial charge < -0.3 is 20.1 Å². The van der Waals surface area contributed by atoms with E-state index in [1.165, 1.54) is 34.6 Å². The highest BCUT2D eigenvalue weighted by Crippen LogP contribution is 2.32. The van der Waals surface area contributed by atoms with Crippen LogP contribution in [0.5, 0.6) is 5.75 Å². The number of β-amino-alcohol motifs (C(OH)–C–C–N with tert-alkyl or cyclic N) is 1. The molecule has 6 nitrogen and oxygen atoms in total. The first-order valence-corrected chi connectivity index (χ1v) is 9.91. The number of nitrogens with zero attached hydrogens (tertiary/aromatic N) is 1. The summed E-state index contributed by atoms with van der Waals surface area (Å²) >= 11 is 0. The quantitative estimate of drug-likeness (QED) is 0.620. The zero-order chi connectivity index (χ0) is 20.5. The van der Waals surface area contributed by atoms with Gasteiger partial charge in [0.15, 0.2) is 0 Å². The topological polar surface area (TPSA) is 77.6 Å². The van der Waals surface area contributed by atoms with Gasteiger partial charge in [-0.15, -0.1) is 0 Å². The average Bonchev–Trinajstić information content (AvgIpc) is 3.07. The SMILES string of the molecule is COc1ccc(C(O)CN2CCc3[nH]c4c(C)cccc4c3C2)cc1NC(C)=O. The van der Waals surface area contributed by atoms with Crippen molar-refractivity contribution in [2.24, 2.45) is 0 Å². The smallest absolute Gasteiger partial charge is 0.221 e. The molecule has 152 valence electrons. The van der Waals surface area contributed by atoms with Crippen molar-refractivity contribution in [3.63, 3.8) is 0 Å². The van der Waals surface area contributed by atoms with Crippen LogP contribution in [-0.2, 0) is 17.8 Å². The molecule has 1 aliphatic heterocycles. The largest absolute Gasteiger partial charge is 0.495 e. The number of aryl methyl sites for hydroxylation is 1. The molecule has 0 spiro atoms. The summed E-state index contributed by atoms with van der Waals surface area (Å²) in [5.41, 5.74) is 6.44. The van der Waals surface area contributed by atoms with E-state index in [4.69, 9.17) is 4.74 Å². The van der Waals surface area contributed by atoms with E-state index in [1.807, 2.05) is 6.07 Å². The first-order valence-electron chi connectivity index (χ1n) is 9.91. The van der Waals surface area contributed by atoms with E-state index >= 15 is 0 Å². The number of para-hydroxylation sites is 1. The van der Waals surface area contributed by atoms with Crippen LogP contribution in [0.4, 0.5) is 5.69 Å². The molecule has 0 radical (unpaired) electrons. The number of methoxy groups -OCH3 is 1. The van der Waals surface area contributed by atoms with Gasteiger partial charge in [-0.1, -0.05) is 24.3 Å². The van der Waals surface area contributed by atoms with Gasteiger partial charge in [0.25, 0.3) is 0 Å². The summed E-state index contributed by atoms with van der Waals surface area (Å²) in [5.74, 6) is 0.404. The number of carbonyl (C=O) groups is 1. The molecule has 29 heavy (non-hydrogen) atoms. The van der Waals surface area contributed by atoms with Crippen LogP contribution >= 0.6 is 0 Å². The van der Waals surface area contributed by atoms with Crippen LogP contribution in [-0.4, -0.2) is 41.1 Å². The monoisotopic (exact) mass is 393 g/mol. The molecule has 0 fully saturated rings. The minimum atomic E-state index is -0.651. The summed E-state index contributed by atoms with van der Waals surface area (Å²) in [4.78, 5) is 17.3. The summed E-state index contributed by atoms with van der Waals surface area (Å²) in [6, 6.07) is 11.8. The van der Waals surface area contributed by atoms with Gasteiger partial charge in [0.05, 0.1) is 18.9 Å². The van der Waals surface area contributed by atoms with Gasteiger partial charge in [-0.3, -0.25) is 9.69 Å². The number of aromatic nitrogens is 1. The van der Waals surface area contributed by atoms with Gasteiger partial charge in [0, 0.05) is 49.6 Å². The predicted molar refractivity (Wildman–Crippen MR) is 114 cm³/mol. The predicted octanol–water partition coefficient (Wildman–Crippen LogP) is 3.54. The van der Waals surface area contributed by atoms with Crippen molar-refractivity contribution in [2.45, 2.75) is 32.9 Å². The molecule has 2 aromatic carbocycles. The number of aliphatic hydroxyl groups excluding tert-OH is 1. The van der Waals surface area contributed by atoms with Crippen molar-refractivity contribution in [2.75, 3.05) is 25.5 Å². The standard InChI is InChI=1S/C23H27N3O3/c1-14-5-4-6-17-18-12-26(10-9-19(18)25-23(14)17)13-21(28)16-7-8-22(29-3)20(11-16)24-15(2)27/h4-8,11,21,25,28H,9-10,12-13H2,1-3H3,(H,24,27). The highest BCUT2D eigenvalue weighted by atomic mass is 16.5. The van der Waals surface area contributed by atoms with Crippen LogP contribution in [0.2, 0.25) is 0 Å². The molecule has 1 atom stereocenters. The fourth-order valence-corrected chi connectivity index (χ4v) is 4.17. The number of nitrogens with one attached hydrogen (secondary N) is 2. The zero-order valence-corrected chi connectivity index (χ0v) is 17.1. The molecule has 3 aromatic rings. The number of aliphatic hydroxyl groups is 1. The summed E-state index contributed by atoms with van der Waals surface area (Å²) in [6.45, 7) is 5.82. The number of amides is 1. The molecule has 0 bridgehead atoms. The third-order valence-electron chi connectivity index (χ3n) is 5.65. The number of H-pyrrole nitrogens is 1. The van der Waals surface area contributed by atoms with Crippen LogP contribution in [0.3, 0.4) is 0 Å². The third kappa shape index (κ3) is 3.86. The molecule has 3 N–H and O–H groups in total. The molecule has 2 heterocycles. The number of fused-ring (bicyclic) bond motifs is 3. The van der Waals surface area contributed by atoms with Crippen LogP contribution in [0.15, 0.2) is 36.4 Å². The third-order valence-corrected chi connectivity index (χ3v) is 5.65. The van der Waals surface area contributed by atoms with Crippen molar-refractivity contribution in [1.29, 1.82) is 0 Å². The first-order chi connectivity index (χ1) is 14.0. The van der Waals surface area contributed by atoms with Crippen molar-refractivity contribution in [3.8, 4) is 5.75 Å². The molecule has 6 heteroatoms. The lowest BCUT2D eigenvalue weighted by Gasteiger charge is -2.29. The molecule has 0 saturated carbocycles. The van der Waals surface area contributed by atoms with Gasteiger partial charge in [-0.05, 0) is 35.7 Å². The highest BCUT2D eigenvalue weighted by molar-refractivity contribution is 5.90. The minimum absolute atomic E-state index is 0.173.